The number of rotatable bonds is 5. The van der Waals surface area contributed by atoms with Crippen molar-refractivity contribution in [1.82, 2.24) is 20.1 Å². The van der Waals surface area contributed by atoms with E-state index in [0.29, 0.717) is 17.6 Å². The third-order valence-electron chi connectivity index (χ3n) is 2.74. The van der Waals surface area contributed by atoms with Crippen LogP contribution in [0, 0.1) is 12.8 Å². The molecule has 16 heavy (non-hydrogen) atoms. The molecule has 1 amide bonds. The van der Waals surface area contributed by atoms with Crippen molar-refractivity contribution in [1.29, 1.82) is 0 Å². The summed E-state index contributed by atoms with van der Waals surface area (Å²) < 4.78 is 0. The third-order valence-corrected chi connectivity index (χ3v) is 2.74. The fourth-order valence-electron chi connectivity index (χ4n) is 1.74. The summed E-state index contributed by atoms with van der Waals surface area (Å²) in [5.41, 5.74) is 0. The molecule has 1 saturated carbocycles. The smallest absolute Gasteiger partial charge is 0.293 e. The average Bonchev–Trinajstić information content (AvgIpc) is 2.97. The van der Waals surface area contributed by atoms with Crippen LogP contribution >= 0.6 is 0 Å². The van der Waals surface area contributed by atoms with Crippen LogP contribution in [0.25, 0.3) is 0 Å². The van der Waals surface area contributed by atoms with Gasteiger partial charge in [0.15, 0.2) is 0 Å². The summed E-state index contributed by atoms with van der Waals surface area (Å²) in [5, 5.41) is 6.63. The van der Waals surface area contributed by atoms with Gasteiger partial charge in [-0.2, -0.15) is 0 Å². The number of hydrogen-bond donors (Lipinski definition) is 1. The lowest BCUT2D eigenvalue weighted by atomic mass is 10.3. The molecule has 2 rings (SSSR count). The number of nitrogens with zero attached hydrogens (tertiary/aromatic N) is 3. The van der Waals surface area contributed by atoms with E-state index in [1.807, 2.05) is 4.90 Å². The molecule has 1 aromatic heterocycles. The van der Waals surface area contributed by atoms with E-state index in [4.69, 9.17) is 0 Å². The standard InChI is InChI=1S/C11H18N4O/c1-3-6-15(7-9-4-5-9)11(16)10-12-8(2)13-14-10/h9H,3-7H2,1-2H3,(H,12,13,14). The van der Waals surface area contributed by atoms with E-state index in [1.54, 1.807) is 6.92 Å². The number of nitrogens with one attached hydrogen (secondary N) is 1. The molecule has 0 spiro atoms. The lowest BCUT2D eigenvalue weighted by Crippen LogP contribution is -2.34. The topological polar surface area (TPSA) is 61.9 Å². The Morgan fingerprint density at radius 2 is 2.31 bits per heavy atom. The van der Waals surface area contributed by atoms with Gasteiger partial charge >= 0.3 is 0 Å². The van der Waals surface area contributed by atoms with Crippen LogP contribution in [-0.2, 0) is 0 Å². The summed E-state index contributed by atoms with van der Waals surface area (Å²) >= 11 is 0. The molecule has 0 unspecified atom stereocenters. The predicted octanol–water partition coefficient (Wildman–Crippen LogP) is 1.38. The number of hydrogen-bond acceptors (Lipinski definition) is 3. The fourth-order valence-corrected chi connectivity index (χ4v) is 1.74. The van der Waals surface area contributed by atoms with Gasteiger partial charge in [0.2, 0.25) is 5.82 Å². The van der Waals surface area contributed by atoms with Crippen molar-refractivity contribution in [3.8, 4) is 0 Å². The zero-order chi connectivity index (χ0) is 11.5. The Bertz CT molecular complexity index is 370. The first-order valence-corrected chi connectivity index (χ1v) is 5.89. The Kier molecular flexibility index (Phi) is 3.22. The Hall–Kier alpha value is -1.39. The number of aromatic amines is 1. The molecule has 1 aliphatic carbocycles. The van der Waals surface area contributed by atoms with Crippen LogP contribution in [0.5, 0.6) is 0 Å². The highest BCUT2D eigenvalue weighted by atomic mass is 16.2. The average molecular weight is 222 g/mol. The molecule has 0 radical (unpaired) electrons. The van der Waals surface area contributed by atoms with Gasteiger partial charge in [0, 0.05) is 13.1 Å². The number of aryl methyl sites for hydroxylation is 1. The molecule has 0 aliphatic heterocycles. The summed E-state index contributed by atoms with van der Waals surface area (Å²) in [7, 11) is 0. The monoisotopic (exact) mass is 222 g/mol. The molecule has 0 atom stereocenters. The quantitative estimate of drug-likeness (QED) is 0.818. The molecule has 5 heteroatoms. The maximum atomic E-state index is 12.1. The second-order valence-electron chi connectivity index (χ2n) is 4.44. The minimum Gasteiger partial charge on any atom is -0.336 e. The van der Waals surface area contributed by atoms with Gasteiger partial charge in [0.1, 0.15) is 5.82 Å². The van der Waals surface area contributed by atoms with Crippen LogP contribution in [0.15, 0.2) is 0 Å². The number of H-pyrrole nitrogens is 1. The van der Waals surface area contributed by atoms with Gasteiger partial charge in [0.05, 0.1) is 0 Å². The van der Waals surface area contributed by atoms with Gasteiger partial charge in [-0.1, -0.05) is 6.92 Å². The van der Waals surface area contributed by atoms with Crippen molar-refractivity contribution in [3.05, 3.63) is 11.6 Å². The molecule has 1 heterocycles. The van der Waals surface area contributed by atoms with Crippen LogP contribution < -0.4 is 0 Å². The Labute approximate surface area is 95.2 Å². The zero-order valence-corrected chi connectivity index (χ0v) is 9.86. The van der Waals surface area contributed by atoms with Crippen LogP contribution in [0.3, 0.4) is 0 Å². The van der Waals surface area contributed by atoms with Crippen molar-refractivity contribution in [2.45, 2.75) is 33.1 Å². The van der Waals surface area contributed by atoms with E-state index in [2.05, 4.69) is 22.1 Å². The van der Waals surface area contributed by atoms with E-state index in [1.165, 1.54) is 12.8 Å². The van der Waals surface area contributed by atoms with Crippen LogP contribution in [0.1, 0.15) is 42.6 Å². The molecule has 5 nitrogen and oxygen atoms in total. The first-order chi connectivity index (χ1) is 7.70. The van der Waals surface area contributed by atoms with E-state index in [9.17, 15) is 4.79 Å². The summed E-state index contributed by atoms with van der Waals surface area (Å²) in [6, 6.07) is 0. The lowest BCUT2D eigenvalue weighted by Gasteiger charge is -2.20. The lowest BCUT2D eigenvalue weighted by molar-refractivity contribution is 0.0736. The van der Waals surface area contributed by atoms with E-state index < -0.39 is 0 Å². The van der Waals surface area contributed by atoms with Gasteiger partial charge in [-0.25, -0.2) is 4.98 Å². The highest BCUT2D eigenvalue weighted by Crippen LogP contribution is 2.30. The maximum Gasteiger partial charge on any atom is 0.293 e. The molecule has 0 aromatic carbocycles. The number of carbonyl (C=O) groups excluding carboxylic acids is 1. The Morgan fingerprint density at radius 3 is 2.81 bits per heavy atom. The normalized spacial score (nSPS) is 15.1. The van der Waals surface area contributed by atoms with Crippen LogP contribution in [-0.4, -0.2) is 39.1 Å². The molecule has 1 N–H and O–H groups in total. The van der Waals surface area contributed by atoms with Gasteiger partial charge in [-0.15, -0.1) is 5.10 Å². The summed E-state index contributed by atoms with van der Waals surface area (Å²) in [6.45, 7) is 5.54. The largest absolute Gasteiger partial charge is 0.336 e. The Balaban J connectivity index is 2.02. The van der Waals surface area contributed by atoms with E-state index in [-0.39, 0.29) is 5.91 Å². The molecule has 0 bridgehead atoms. The van der Waals surface area contributed by atoms with Crippen molar-refractivity contribution in [2.75, 3.05) is 13.1 Å². The summed E-state index contributed by atoms with van der Waals surface area (Å²) in [5.74, 6) is 1.64. The Morgan fingerprint density at radius 1 is 1.56 bits per heavy atom. The van der Waals surface area contributed by atoms with Crippen LogP contribution in [0.2, 0.25) is 0 Å². The number of aromatic nitrogens is 3. The van der Waals surface area contributed by atoms with E-state index in [0.717, 1.165) is 19.5 Å². The molecular formula is C11H18N4O. The molecule has 1 aliphatic rings. The zero-order valence-electron chi connectivity index (χ0n) is 9.86. The predicted molar refractivity (Wildman–Crippen MR) is 60.0 cm³/mol. The number of amides is 1. The second-order valence-corrected chi connectivity index (χ2v) is 4.44. The van der Waals surface area contributed by atoms with Crippen molar-refractivity contribution in [3.63, 3.8) is 0 Å². The van der Waals surface area contributed by atoms with Crippen molar-refractivity contribution >= 4 is 5.91 Å². The molecule has 0 saturated heterocycles. The number of carbonyl (C=O) groups is 1. The van der Waals surface area contributed by atoms with Gasteiger partial charge in [0.25, 0.3) is 5.91 Å². The minimum absolute atomic E-state index is 0.0434. The second kappa shape index (κ2) is 4.63. The summed E-state index contributed by atoms with van der Waals surface area (Å²) in [6.07, 6.45) is 3.48. The van der Waals surface area contributed by atoms with Crippen LogP contribution in [0.4, 0.5) is 0 Å². The first kappa shape index (κ1) is 11.1. The third kappa shape index (κ3) is 2.59. The maximum absolute atomic E-state index is 12.1. The molecule has 1 fully saturated rings. The fraction of sp³-hybridized carbons (Fsp3) is 0.727. The van der Waals surface area contributed by atoms with Gasteiger partial charge < -0.3 is 4.90 Å². The highest BCUT2D eigenvalue weighted by Gasteiger charge is 2.28. The first-order valence-electron chi connectivity index (χ1n) is 5.89. The van der Waals surface area contributed by atoms with Gasteiger partial charge in [-0.3, -0.25) is 9.89 Å². The highest BCUT2D eigenvalue weighted by molar-refractivity contribution is 5.90. The molecule has 1 aromatic rings. The molecular weight excluding hydrogens is 204 g/mol. The summed E-state index contributed by atoms with van der Waals surface area (Å²) in [4.78, 5) is 18.1. The minimum atomic E-state index is -0.0434. The SMILES string of the molecule is CCCN(CC1CC1)C(=O)c1n[nH]c(C)n1. The van der Waals surface area contributed by atoms with Crippen molar-refractivity contribution < 1.29 is 4.79 Å². The van der Waals surface area contributed by atoms with E-state index >= 15 is 0 Å². The molecule has 88 valence electrons. The van der Waals surface area contributed by atoms with Gasteiger partial charge in [-0.05, 0) is 32.1 Å². The van der Waals surface area contributed by atoms with Crippen molar-refractivity contribution in [2.24, 2.45) is 5.92 Å².